The van der Waals surface area contributed by atoms with Crippen LogP contribution < -0.4 is 5.32 Å². The molecule has 1 N–H and O–H groups in total. The first kappa shape index (κ1) is 18.0. The highest BCUT2D eigenvalue weighted by atomic mass is 35.5. The quantitative estimate of drug-likeness (QED) is 0.872. The fraction of sp³-hybridized carbons (Fsp3) is 0.462. The van der Waals surface area contributed by atoms with E-state index in [0.29, 0.717) is 17.3 Å². The third-order valence-electron chi connectivity index (χ3n) is 2.63. The third-order valence-corrected chi connectivity index (χ3v) is 2.88. The lowest BCUT2D eigenvalue weighted by Crippen LogP contribution is -2.28. The van der Waals surface area contributed by atoms with Gasteiger partial charge < -0.3 is 9.64 Å². The van der Waals surface area contributed by atoms with Crippen molar-refractivity contribution in [3.8, 4) is 0 Å². The number of likely N-dealkylation sites (N-methyl/N-ethyl adjacent to an activating group) is 1. The maximum absolute atomic E-state index is 11.5. The van der Waals surface area contributed by atoms with Gasteiger partial charge in [0.2, 0.25) is 0 Å². The minimum atomic E-state index is -0.440. The van der Waals surface area contributed by atoms with E-state index >= 15 is 0 Å². The largest absolute Gasteiger partial charge is 0.448 e. The molecule has 0 aliphatic rings. The van der Waals surface area contributed by atoms with Crippen molar-refractivity contribution in [2.45, 2.75) is 13.8 Å². The Morgan fingerprint density at radius 3 is 2.37 bits per heavy atom. The highest BCUT2D eigenvalue weighted by Crippen LogP contribution is 2.13. The summed E-state index contributed by atoms with van der Waals surface area (Å²) >= 11 is 5.75. The van der Waals surface area contributed by atoms with Crippen molar-refractivity contribution in [3.05, 3.63) is 29.3 Å². The molecule has 1 aromatic carbocycles. The van der Waals surface area contributed by atoms with Gasteiger partial charge in [-0.2, -0.15) is 0 Å². The minimum absolute atomic E-state index is 0. The normalized spacial score (nSPS) is 9.89. The average molecular weight is 307 g/mol. The van der Waals surface area contributed by atoms with Crippen LogP contribution >= 0.6 is 24.0 Å². The highest BCUT2D eigenvalue weighted by Gasteiger charge is 2.04. The molecule has 0 aliphatic heterocycles. The number of nitrogens with one attached hydrogen (secondary N) is 1. The number of amides is 1. The molecule has 1 amide bonds. The first-order valence-electron chi connectivity index (χ1n) is 6.07. The second kappa shape index (κ2) is 9.89. The van der Waals surface area contributed by atoms with Gasteiger partial charge in [-0.3, -0.25) is 5.32 Å². The predicted molar refractivity (Wildman–Crippen MR) is 81.5 cm³/mol. The summed E-state index contributed by atoms with van der Waals surface area (Å²) in [4.78, 5) is 13.7. The average Bonchev–Trinajstić information content (AvgIpc) is 2.37. The van der Waals surface area contributed by atoms with Gasteiger partial charge >= 0.3 is 6.09 Å². The van der Waals surface area contributed by atoms with Crippen LogP contribution in [0.3, 0.4) is 0 Å². The molecule has 0 bridgehead atoms. The van der Waals surface area contributed by atoms with E-state index in [1.165, 1.54) is 0 Å². The molecule has 4 nitrogen and oxygen atoms in total. The molecular weight excluding hydrogens is 287 g/mol. The van der Waals surface area contributed by atoms with E-state index in [9.17, 15) is 4.79 Å². The van der Waals surface area contributed by atoms with E-state index in [2.05, 4.69) is 24.1 Å². The van der Waals surface area contributed by atoms with Crippen molar-refractivity contribution >= 4 is 35.8 Å². The minimum Gasteiger partial charge on any atom is -0.448 e. The van der Waals surface area contributed by atoms with Crippen molar-refractivity contribution in [1.82, 2.24) is 4.90 Å². The van der Waals surface area contributed by atoms with Crippen molar-refractivity contribution in [2.75, 3.05) is 31.6 Å². The molecule has 0 aliphatic carbocycles. The molecular formula is C13H20Cl2N2O2. The second-order valence-corrected chi connectivity index (χ2v) is 4.23. The Labute approximate surface area is 125 Å². The summed E-state index contributed by atoms with van der Waals surface area (Å²) in [5.41, 5.74) is 0.673. The molecule has 0 aromatic heterocycles. The monoisotopic (exact) mass is 306 g/mol. The molecule has 6 heteroatoms. The standard InChI is InChI=1S/C13H19ClN2O2.ClH/c1-3-16(4-2)9-10-18-13(17)15-12-7-5-11(14)6-8-12;/h5-8H,3-4,9-10H2,1-2H3,(H,15,17);1H. The van der Waals surface area contributed by atoms with Gasteiger partial charge in [-0.05, 0) is 37.4 Å². The van der Waals surface area contributed by atoms with Crippen molar-refractivity contribution < 1.29 is 9.53 Å². The van der Waals surface area contributed by atoms with Gasteiger partial charge in [0.05, 0.1) is 0 Å². The molecule has 0 radical (unpaired) electrons. The molecule has 1 rings (SSSR count). The Bertz CT molecular complexity index is 367. The Morgan fingerprint density at radius 1 is 1.26 bits per heavy atom. The smallest absolute Gasteiger partial charge is 0.411 e. The number of rotatable bonds is 6. The fourth-order valence-electron chi connectivity index (χ4n) is 1.49. The van der Waals surface area contributed by atoms with E-state index in [0.717, 1.165) is 19.6 Å². The summed E-state index contributed by atoms with van der Waals surface area (Å²) in [6.45, 7) is 7.22. The zero-order chi connectivity index (χ0) is 13.4. The molecule has 0 atom stereocenters. The number of carbonyl (C=O) groups is 1. The molecule has 0 unspecified atom stereocenters. The topological polar surface area (TPSA) is 41.6 Å². The number of halogens is 2. The molecule has 1 aromatic rings. The number of ether oxygens (including phenoxy) is 1. The van der Waals surface area contributed by atoms with E-state index < -0.39 is 6.09 Å². The van der Waals surface area contributed by atoms with Gasteiger partial charge in [-0.15, -0.1) is 12.4 Å². The zero-order valence-corrected chi connectivity index (χ0v) is 12.8. The van der Waals surface area contributed by atoms with Crippen LogP contribution in [0.25, 0.3) is 0 Å². The van der Waals surface area contributed by atoms with Crippen molar-refractivity contribution in [2.24, 2.45) is 0 Å². The lowest BCUT2D eigenvalue weighted by molar-refractivity contribution is 0.142. The molecule has 0 heterocycles. The van der Waals surface area contributed by atoms with Crippen LogP contribution in [0.2, 0.25) is 5.02 Å². The zero-order valence-electron chi connectivity index (χ0n) is 11.2. The van der Waals surface area contributed by atoms with Crippen molar-refractivity contribution in [3.63, 3.8) is 0 Å². The van der Waals surface area contributed by atoms with Gasteiger partial charge in [0, 0.05) is 17.3 Å². The van der Waals surface area contributed by atoms with Gasteiger partial charge in [0.1, 0.15) is 6.61 Å². The molecule has 19 heavy (non-hydrogen) atoms. The Hall–Kier alpha value is -0.970. The summed E-state index contributed by atoms with van der Waals surface area (Å²) < 4.78 is 5.09. The SMILES string of the molecule is CCN(CC)CCOC(=O)Nc1ccc(Cl)cc1.Cl. The number of anilines is 1. The summed E-state index contributed by atoms with van der Waals surface area (Å²) in [5, 5.41) is 3.28. The highest BCUT2D eigenvalue weighted by molar-refractivity contribution is 6.30. The van der Waals surface area contributed by atoms with Crippen LogP contribution in [0, 0.1) is 0 Å². The van der Waals surface area contributed by atoms with Gasteiger partial charge in [-0.1, -0.05) is 25.4 Å². The number of nitrogens with zero attached hydrogens (tertiary/aromatic N) is 1. The molecule has 0 spiro atoms. The van der Waals surface area contributed by atoms with Crippen molar-refractivity contribution in [1.29, 1.82) is 0 Å². The van der Waals surface area contributed by atoms with Gasteiger partial charge in [-0.25, -0.2) is 4.79 Å². The van der Waals surface area contributed by atoms with E-state index in [4.69, 9.17) is 16.3 Å². The van der Waals surface area contributed by atoms with Crippen LogP contribution in [0.4, 0.5) is 10.5 Å². The first-order valence-corrected chi connectivity index (χ1v) is 6.45. The second-order valence-electron chi connectivity index (χ2n) is 3.79. The van der Waals surface area contributed by atoms with Crippen LogP contribution in [-0.2, 0) is 4.74 Å². The number of carbonyl (C=O) groups excluding carboxylic acids is 1. The first-order chi connectivity index (χ1) is 8.65. The van der Waals surface area contributed by atoms with Crippen LogP contribution in [0.5, 0.6) is 0 Å². The van der Waals surface area contributed by atoms with E-state index in [1.54, 1.807) is 24.3 Å². The molecule has 0 saturated carbocycles. The molecule has 0 fully saturated rings. The number of benzene rings is 1. The summed E-state index contributed by atoms with van der Waals surface area (Å²) in [6.07, 6.45) is -0.440. The van der Waals surface area contributed by atoms with E-state index in [1.807, 2.05) is 0 Å². The summed E-state index contributed by atoms with van der Waals surface area (Å²) in [5.74, 6) is 0. The van der Waals surface area contributed by atoms with Gasteiger partial charge in [0.25, 0.3) is 0 Å². The maximum atomic E-state index is 11.5. The molecule has 0 saturated heterocycles. The Balaban J connectivity index is 0.00000324. The van der Waals surface area contributed by atoms with Gasteiger partial charge in [0.15, 0.2) is 0 Å². The lowest BCUT2D eigenvalue weighted by Gasteiger charge is -2.17. The van der Waals surface area contributed by atoms with Crippen LogP contribution in [0.1, 0.15) is 13.8 Å². The molecule has 108 valence electrons. The third kappa shape index (κ3) is 7.25. The Kier molecular flexibility index (Phi) is 9.39. The number of hydrogen-bond donors (Lipinski definition) is 1. The fourth-order valence-corrected chi connectivity index (χ4v) is 1.62. The lowest BCUT2D eigenvalue weighted by atomic mass is 10.3. The van der Waals surface area contributed by atoms with Crippen LogP contribution in [-0.4, -0.2) is 37.2 Å². The van der Waals surface area contributed by atoms with Crippen LogP contribution in [0.15, 0.2) is 24.3 Å². The van der Waals surface area contributed by atoms with E-state index in [-0.39, 0.29) is 12.4 Å². The summed E-state index contributed by atoms with van der Waals surface area (Å²) in [6, 6.07) is 6.89. The number of hydrogen-bond acceptors (Lipinski definition) is 3. The predicted octanol–water partition coefficient (Wildman–Crippen LogP) is 3.65. The maximum Gasteiger partial charge on any atom is 0.411 e. The summed E-state index contributed by atoms with van der Waals surface area (Å²) in [7, 11) is 0. The Morgan fingerprint density at radius 2 is 1.84 bits per heavy atom.